The molecule has 10 heteroatoms. The Hall–Kier alpha value is -3.14. The van der Waals surface area contributed by atoms with Gasteiger partial charge in [0.1, 0.15) is 6.04 Å². The maximum Gasteiger partial charge on any atom is 0.405 e. The second kappa shape index (κ2) is 13.1. The number of morpholine rings is 1. The summed E-state index contributed by atoms with van der Waals surface area (Å²) in [5.74, 6) is -1.29. The lowest BCUT2D eigenvalue weighted by Gasteiger charge is -2.32. The number of carbonyl (C=O) groups is 4. The first-order valence-electron chi connectivity index (χ1n) is 12.3. The summed E-state index contributed by atoms with van der Waals surface area (Å²) in [7, 11) is 0. The number of ether oxygens (including phenoxy) is 2. The number of carbonyl (C=O) groups excluding carboxylic acids is 4. The molecule has 0 unspecified atom stereocenters. The third-order valence-electron chi connectivity index (χ3n) is 6.56. The third kappa shape index (κ3) is 8.24. The molecule has 3 rings (SSSR count). The van der Waals surface area contributed by atoms with Crippen molar-refractivity contribution in [2.24, 2.45) is 17.6 Å². The fourth-order valence-electron chi connectivity index (χ4n) is 4.53. The van der Waals surface area contributed by atoms with E-state index >= 15 is 0 Å². The highest BCUT2D eigenvalue weighted by Crippen LogP contribution is 2.20. The molecule has 1 aromatic rings. The van der Waals surface area contributed by atoms with E-state index in [0.717, 1.165) is 12.8 Å². The maximum absolute atomic E-state index is 13.2. The van der Waals surface area contributed by atoms with Crippen LogP contribution in [0, 0.1) is 11.8 Å². The Bertz CT molecular complexity index is 874. The molecule has 2 fully saturated rings. The Morgan fingerprint density at radius 3 is 2.57 bits per heavy atom. The van der Waals surface area contributed by atoms with Crippen LogP contribution >= 0.6 is 0 Å². The van der Waals surface area contributed by atoms with Crippen molar-refractivity contribution in [3.63, 3.8) is 0 Å². The standard InChI is InChI=1S/C25H36N4O6/c1-17(7-8-18-5-3-2-4-6-18)15-21(35-25(26)33)23(31)28-20(16-19-9-10-27-22(19)30)24(32)29-11-13-34-14-12-29/h2-6,17,19-21H,7-16H2,1H3,(H2,26,33)(H,27,30)(H,28,31)/t17-,19-,20-,21-/m1/s1. The van der Waals surface area contributed by atoms with Crippen molar-refractivity contribution in [2.75, 3.05) is 32.8 Å². The minimum absolute atomic E-state index is 0.0549. The summed E-state index contributed by atoms with van der Waals surface area (Å²) in [4.78, 5) is 51.8. The van der Waals surface area contributed by atoms with Crippen molar-refractivity contribution >= 4 is 23.8 Å². The van der Waals surface area contributed by atoms with Crippen LogP contribution in [0.3, 0.4) is 0 Å². The van der Waals surface area contributed by atoms with Gasteiger partial charge in [0, 0.05) is 25.6 Å². The molecule has 2 aliphatic rings. The molecule has 0 spiro atoms. The molecule has 2 aliphatic heterocycles. The molecule has 4 amide bonds. The summed E-state index contributed by atoms with van der Waals surface area (Å²) < 4.78 is 10.5. The van der Waals surface area contributed by atoms with Crippen molar-refractivity contribution in [3.8, 4) is 0 Å². The maximum atomic E-state index is 13.2. The van der Waals surface area contributed by atoms with Crippen LogP contribution in [0.5, 0.6) is 0 Å². The van der Waals surface area contributed by atoms with E-state index < -0.39 is 24.1 Å². The van der Waals surface area contributed by atoms with Gasteiger partial charge in [-0.2, -0.15) is 0 Å². The third-order valence-corrected chi connectivity index (χ3v) is 6.56. The van der Waals surface area contributed by atoms with E-state index in [1.165, 1.54) is 5.56 Å². The Morgan fingerprint density at radius 2 is 1.94 bits per heavy atom. The average Bonchev–Trinajstić information content (AvgIpc) is 3.26. The molecule has 0 aliphatic carbocycles. The van der Waals surface area contributed by atoms with Gasteiger partial charge < -0.3 is 30.7 Å². The molecule has 0 saturated carbocycles. The summed E-state index contributed by atoms with van der Waals surface area (Å²) in [5, 5.41) is 5.53. The van der Waals surface area contributed by atoms with Gasteiger partial charge in [0.05, 0.1) is 13.2 Å². The number of rotatable bonds is 11. The fourth-order valence-corrected chi connectivity index (χ4v) is 4.53. The van der Waals surface area contributed by atoms with E-state index in [0.29, 0.717) is 39.3 Å². The predicted octanol–water partition coefficient (Wildman–Crippen LogP) is 0.979. The number of amides is 4. The second-order valence-electron chi connectivity index (χ2n) is 9.30. The fraction of sp³-hybridized carbons (Fsp3) is 0.600. The number of nitrogens with two attached hydrogens (primary N) is 1. The minimum Gasteiger partial charge on any atom is -0.436 e. The highest BCUT2D eigenvalue weighted by molar-refractivity contribution is 5.91. The second-order valence-corrected chi connectivity index (χ2v) is 9.30. The molecule has 0 bridgehead atoms. The number of hydrogen-bond donors (Lipinski definition) is 3. The van der Waals surface area contributed by atoms with Crippen molar-refractivity contribution in [1.29, 1.82) is 0 Å². The first-order chi connectivity index (χ1) is 16.8. The zero-order chi connectivity index (χ0) is 25.2. The molecule has 0 aromatic heterocycles. The van der Waals surface area contributed by atoms with Crippen LogP contribution in [0.2, 0.25) is 0 Å². The molecule has 0 radical (unpaired) electrons. The van der Waals surface area contributed by atoms with Crippen LogP contribution in [0.15, 0.2) is 30.3 Å². The quantitative estimate of drug-likeness (QED) is 0.424. The van der Waals surface area contributed by atoms with Crippen LogP contribution < -0.4 is 16.4 Å². The summed E-state index contributed by atoms with van der Waals surface area (Å²) in [6.07, 6.45) is 0.474. The summed E-state index contributed by atoms with van der Waals surface area (Å²) in [6.45, 7) is 4.19. The monoisotopic (exact) mass is 488 g/mol. The SMILES string of the molecule is C[C@H](CCc1ccccc1)C[C@@H](OC(N)=O)C(=O)N[C@H](C[C@H]1CCNC1=O)C(=O)N1CCOCC1. The average molecular weight is 489 g/mol. The number of primary amides is 1. The highest BCUT2D eigenvalue weighted by atomic mass is 16.6. The molecule has 192 valence electrons. The van der Waals surface area contributed by atoms with E-state index in [4.69, 9.17) is 15.2 Å². The molecule has 2 heterocycles. The molecule has 10 nitrogen and oxygen atoms in total. The van der Waals surface area contributed by atoms with E-state index in [1.54, 1.807) is 4.90 Å². The molecule has 4 atom stereocenters. The Labute approximate surface area is 205 Å². The largest absolute Gasteiger partial charge is 0.436 e. The predicted molar refractivity (Wildman–Crippen MR) is 128 cm³/mol. The van der Waals surface area contributed by atoms with Crippen molar-refractivity contribution in [3.05, 3.63) is 35.9 Å². The van der Waals surface area contributed by atoms with Crippen molar-refractivity contribution in [1.82, 2.24) is 15.5 Å². The van der Waals surface area contributed by atoms with Gasteiger partial charge in [0.2, 0.25) is 11.8 Å². The van der Waals surface area contributed by atoms with E-state index in [2.05, 4.69) is 10.6 Å². The lowest BCUT2D eigenvalue weighted by molar-refractivity contribution is -0.142. The normalized spacial score (nSPS) is 20.4. The van der Waals surface area contributed by atoms with Crippen LogP contribution in [-0.2, 0) is 30.3 Å². The highest BCUT2D eigenvalue weighted by Gasteiger charge is 2.36. The van der Waals surface area contributed by atoms with E-state index in [-0.39, 0.29) is 36.5 Å². The lowest BCUT2D eigenvalue weighted by Crippen LogP contribution is -2.54. The van der Waals surface area contributed by atoms with E-state index in [9.17, 15) is 19.2 Å². The van der Waals surface area contributed by atoms with Gasteiger partial charge in [-0.05, 0) is 43.6 Å². The molecular formula is C25H36N4O6. The van der Waals surface area contributed by atoms with Crippen LogP contribution in [0.1, 0.15) is 38.2 Å². The van der Waals surface area contributed by atoms with Crippen LogP contribution in [0.4, 0.5) is 4.79 Å². The first kappa shape index (κ1) is 26.5. The Kier molecular flexibility index (Phi) is 9.89. The van der Waals surface area contributed by atoms with Crippen LogP contribution in [-0.4, -0.2) is 73.7 Å². The molecule has 4 N–H and O–H groups in total. The summed E-state index contributed by atoms with van der Waals surface area (Å²) >= 11 is 0. The van der Waals surface area contributed by atoms with Gasteiger partial charge in [-0.1, -0.05) is 37.3 Å². The van der Waals surface area contributed by atoms with Crippen molar-refractivity contribution in [2.45, 2.75) is 51.2 Å². The smallest absolute Gasteiger partial charge is 0.405 e. The van der Waals surface area contributed by atoms with Crippen LogP contribution in [0.25, 0.3) is 0 Å². The van der Waals surface area contributed by atoms with Gasteiger partial charge in [-0.3, -0.25) is 14.4 Å². The number of benzene rings is 1. The number of aryl methyl sites for hydroxylation is 1. The van der Waals surface area contributed by atoms with Gasteiger partial charge in [-0.15, -0.1) is 0 Å². The van der Waals surface area contributed by atoms with Crippen molar-refractivity contribution < 1.29 is 28.7 Å². The summed E-state index contributed by atoms with van der Waals surface area (Å²) in [6, 6.07) is 9.08. The Morgan fingerprint density at radius 1 is 1.23 bits per heavy atom. The van der Waals surface area contributed by atoms with Gasteiger partial charge in [0.15, 0.2) is 6.10 Å². The van der Waals surface area contributed by atoms with Gasteiger partial charge >= 0.3 is 6.09 Å². The molecular weight excluding hydrogens is 452 g/mol. The number of nitrogens with one attached hydrogen (secondary N) is 2. The van der Waals surface area contributed by atoms with E-state index in [1.807, 2.05) is 37.3 Å². The molecule has 1 aromatic carbocycles. The number of nitrogens with zero attached hydrogens (tertiary/aromatic N) is 1. The number of hydrogen-bond acceptors (Lipinski definition) is 6. The van der Waals surface area contributed by atoms with Gasteiger partial charge in [0.25, 0.3) is 5.91 Å². The molecule has 2 saturated heterocycles. The van der Waals surface area contributed by atoms with Gasteiger partial charge in [-0.25, -0.2) is 4.79 Å². The Balaban J connectivity index is 1.65. The summed E-state index contributed by atoms with van der Waals surface area (Å²) in [5.41, 5.74) is 6.43. The zero-order valence-electron chi connectivity index (χ0n) is 20.2. The first-order valence-corrected chi connectivity index (χ1v) is 12.3. The molecule has 35 heavy (non-hydrogen) atoms. The lowest BCUT2D eigenvalue weighted by atomic mass is 9.94. The zero-order valence-corrected chi connectivity index (χ0v) is 20.2. The minimum atomic E-state index is -1.13. The topological polar surface area (TPSA) is 140 Å².